The molecule has 206 valence electrons. The molecule has 9 aromatic rings. The standard InChI is InChI=1S/C39H24N4S/c1-3-12-25(13-4-1)27-22-23-34-32(24-27)28-16-7-9-20-33(28)43(34)39-41-37(26-14-5-2-6-15-26)40-38(42-39)31-19-11-18-30-29-17-8-10-21-35(29)44-36(30)31/h1-24H/i1D,3D,4D,7D,9D,12D,13D,16D,20D. The van der Waals surface area contributed by atoms with E-state index in [9.17, 15) is 0 Å². The highest BCUT2D eigenvalue weighted by Crippen LogP contribution is 2.40. The van der Waals surface area contributed by atoms with Crippen molar-refractivity contribution in [3.63, 3.8) is 0 Å². The third kappa shape index (κ3) is 3.94. The summed E-state index contributed by atoms with van der Waals surface area (Å²) >= 11 is 1.63. The van der Waals surface area contributed by atoms with Gasteiger partial charge in [-0.25, -0.2) is 4.98 Å². The van der Waals surface area contributed by atoms with Crippen LogP contribution in [0.3, 0.4) is 0 Å². The fraction of sp³-hybridized carbons (Fsp3) is 0. The van der Waals surface area contributed by atoms with E-state index in [1.165, 1.54) is 0 Å². The van der Waals surface area contributed by atoms with Crippen molar-refractivity contribution in [2.45, 2.75) is 0 Å². The van der Waals surface area contributed by atoms with Crippen LogP contribution in [0.1, 0.15) is 12.3 Å². The van der Waals surface area contributed by atoms with Gasteiger partial charge in [-0.05, 0) is 41.4 Å². The van der Waals surface area contributed by atoms with Gasteiger partial charge in [0.15, 0.2) is 11.6 Å². The van der Waals surface area contributed by atoms with Crippen LogP contribution in [0.15, 0.2) is 145 Å². The highest BCUT2D eigenvalue weighted by Gasteiger charge is 2.20. The quantitative estimate of drug-likeness (QED) is 0.205. The summed E-state index contributed by atoms with van der Waals surface area (Å²) in [5.74, 6) is 0.848. The van der Waals surface area contributed by atoms with Crippen molar-refractivity contribution < 1.29 is 12.3 Å². The minimum Gasteiger partial charge on any atom is -0.278 e. The Morgan fingerprint density at radius 1 is 0.523 bits per heavy atom. The predicted molar refractivity (Wildman–Crippen MR) is 183 cm³/mol. The van der Waals surface area contributed by atoms with Crippen molar-refractivity contribution in [1.82, 2.24) is 19.5 Å². The molecule has 0 radical (unpaired) electrons. The van der Waals surface area contributed by atoms with Gasteiger partial charge in [-0.2, -0.15) is 9.97 Å². The third-order valence-corrected chi connectivity index (χ3v) is 8.91. The van der Waals surface area contributed by atoms with Crippen LogP contribution in [0.2, 0.25) is 0 Å². The molecule has 0 aliphatic rings. The molecule has 0 aliphatic carbocycles. The van der Waals surface area contributed by atoms with Crippen LogP contribution < -0.4 is 0 Å². The number of benzene rings is 6. The van der Waals surface area contributed by atoms with E-state index < -0.39 is 30.2 Å². The van der Waals surface area contributed by atoms with Gasteiger partial charge < -0.3 is 0 Å². The molecule has 4 nitrogen and oxygen atoms in total. The highest BCUT2D eigenvalue weighted by molar-refractivity contribution is 7.26. The number of aromatic nitrogens is 4. The van der Waals surface area contributed by atoms with Crippen LogP contribution in [0.4, 0.5) is 0 Å². The van der Waals surface area contributed by atoms with Crippen LogP contribution in [0, 0.1) is 0 Å². The van der Waals surface area contributed by atoms with Gasteiger partial charge >= 0.3 is 0 Å². The van der Waals surface area contributed by atoms with E-state index in [2.05, 4.69) is 18.2 Å². The molecule has 44 heavy (non-hydrogen) atoms. The van der Waals surface area contributed by atoms with Crippen molar-refractivity contribution in [1.29, 1.82) is 0 Å². The molecule has 5 heteroatoms. The Balaban J connectivity index is 1.39. The SMILES string of the molecule is [2H]c1c([2H])c([2H])c(-c2ccc3c(c2)c2c([2H])c([2H])c([2H])c([2H])c2n3-c2nc(-c3ccccc3)nc(-c3cccc4c3sc3ccccc34)n2)c([2H])c1[2H]. The average molecular weight is 590 g/mol. The monoisotopic (exact) mass is 589 g/mol. The number of nitrogens with zero attached hydrogens (tertiary/aromatic N) is 4. The summed E-state index contributed by atoms with van der Waals surface area (Å²) in [5.41, 5.74) is 2.31. The maximum absolute atomic E-state index is 9.11. The minimum atomic E-state index is -0.512. The number of thiophene rings is 1. The van der Waals surface area contributed by atoms with E-state index in [1.54, 1.807) is 34.1 Å². The molecular weight excluding hydrogens is 557 g/mol. The van der Waals surface area contributed by atoms with Gasteiger partial charge in [0.05, 0.1) is 23.4 Å². The van der Waals surface area contributed by atoms with Gasteiger partial charge in [0.25, 0.3) is 0 Å². The molecule has 9 rings (SSSR count). The maximum atomic E-state index is 9.11. The summed E-state index contributed by atoms with van der Waals surface area (Å²) in [4.78, 5) is 14.9. The molecule has 0 aliphatic heterocycles. The second-order valence-electron chi connectivity index (χ2n) is 10.2. The first-order valence-corrected chi connectivity index (χ1v) is 14.7. The lowest BCUT2D eigenvalue weighted by Gasteiger charge is -2.11. The van der Waals surface area contributed by atoms with Crippen LogP contribution in [-0.4, -0.2) is 19.5 Å². The molecule has 0 fully saturated rings. The second-order valence-corrected chi connectivity index (χ2v) is 11.3. The summed E-state index contributed by atoms with van der Waals surface area (Å²) in [7, 11) is 0. The summed E-state index contributed by atoms with van der Waals surface area (Å²) in [6.45, 7) is 0. The predicted octanol–water partition coefficient (Wildman–Crippen LogP) is 10.3. The Morgan fingerprint density at radius 3 is 2.20 bits per heavy atom. The Morgan fingerprint density at radius 2 is 1.30 bits per heavy atom. The molecule has 6 aromatic carbocycles. The molecular formula is C39H24N4S. The molecule has 0 saturated carbocycles. The van der Waals surface area contributed by atoms with Crippen LogP contribution in [0.25, 0.3) is 81.8 Å². The number of para-hydroxylation sites is 1. The molecule has 3 aromatic heterocycles. The topological polar surface area (TPSA) is 43.6 Å². The Labute approximate surface area is 270 Å². The van der Waals surface area contributed by atoms with E-state index in [0.717, 1.165) is 25.7 Å². The fourth-order valence-electron chi connectivity index (χ4n) is 5.70. The molecule has 0 N–H and O–H groups in total. The van der Waals surface area contributed by atoms with Crippen LogP contribution in [-0.2, 0) is 0 Å². The van der Waals surface area contributed by atoms with Gasteiger partial charge in [-0.15, -0.1) is 11.3 Å². The minimum absolute atomic E-state index is 0.0233. The Kier molecular flexibility index (Phi) is 3.96. The number of rotatable bonds is 4. The molecule has 0 amide bonds. The van der Waals surface area contributed by atoms with Gasteiger partial charge in [-0.1, -0.05) is 115 Å². The lowest BCUT2D eigenvalue weighted by atomic mass is 10.0. The van der Waals surface area contributed by atoms with Gasteiger partial charge in [0.2, 0.25) is 5.95 Å². The van der Waals surface area contributed by atoms with E-state index >= 15 is 0 Å². The summed E-state index contributed by atoms with van der Waals surface area (Å²) in [6.07, 6.45) is 0. The first kappa shape index (κ1) is 17.5. The van der Waals surface area contributed by atoms with Crippen molar-refractivity contribution in [3.05, 3.63) is 145 Å². The largest absolute Gasteiger partial charge is 0.278 e. The lowest BCUT2D eigenvalue weighted by Crippen LogP contribution is -2.06. The molecule has 0 atom stereocenters. The number of fused-ring (bicyclic) bond motifs is 6. The highest BCUT2D eigenvalue weighted by atomic mass is 32.1. The summed E-state index contributed by atoms with van der Waals surface area (Å²) in [5, 5.41) is 2.71. The molecule has 0 bridgehead atoms. The normalized spacial score (nSPS) is 14.5. The van der Waals surface area contributed by atoms with Gasteiger partial charge in [-0.3, -0.25) is 4.57 Å². The van der Waals surface area contributed by atoms with Gasteiger partial charge in [0, 0.05) is 42.1 Å². The average Bonchev–Trinajstić information content (AvgIpc) is 3.74. The first-order chi connectivity index (χ1) is 25.5. The van der Waals surface area contributed by atoms with Crippen molar-refractivity contribution in [2.75, 3.05) is 0 Å². The number of hydrogen-bond acceptors (Lipinski definition) is 4. The lowest BCUT2D eigenvalue weighted by molar-refractivity contribution is 0.954. The third-order valence-electron chi connectivity index (χ3n) is 7.69. The fourth-order valence-corrected chi connectivity index (χ4v) is 6.91. The molecule has 0 saturated heterocycles. The first-order valence-electron chi connectivity index (χ1n) is 18.4. The Hall–Kier alpha value is -5.65. The van der Waals surface area contributed by atoms with Crippen molar-refractivity contribution in [2.24, 2.45) is 0 Å². The smallest absolute Gasteiger partial charge is 0.238 e. The second kappa shape index (κ2) is 9.97. The molecule has 0 spiro atoms. The van der Waals surface area contributed by atoms with E-state index in [0.29, 0.717) is 33.7 Å². The van der Waals surface area contributed by atoms with Crippen molar-refractivity contribution >= 4 is 53.3 Å². The zero-order valence-electron chi connectivity index (χ0n) is 31.9. The van der Waals surface area contributed by atoms with E-state index in [4.69, 9.17) is 27.3 Å². The molecule has 3 heterocycles. The maximum Gasteiger partial charge on any atom is 0.238 e. The van der Waals surface area contributed by atoms with E-state index in [1.807, 2.05) is 54.6 Å². The summed E-state index contributed by atoms with van der Waals surface area (Å²) in [6, 6.07) is 24.7. The van der Waals surface area contributed by atoms with Crippen molar-refractivity contribution in [3.8, 4) is 39.9 Å². The summed E-state index contributed by atoms with van der Waals surface area (Å²) < 4.78 is 80.7. The number of hydrogen-bond donors (Lipinski definition) is 0. The zero-order valence-corrected chi connectivity index (χ0v) is 23.7. The van der Waals surface area contributed by atoms with Crippen LogP contribution >= 0.6 is 11.3 Å². The van der Waals surface area contributed by atoms with Gasteiger partial charge in [0.1, 0.15) is 0 Å². The van der Waals surface area contributed by atoms with Crippen LogP contribution in [0.5, 0.6) is 0 Å². The van der Waals surface area contributed by atoms with E-state index in [-0.39, 0.29) is 46.6 Å². The zero-order chi connectivity index (χ0) is 36.9. The molecule has 0 unspecified atom stereocenters. The Bertz CT molecular complexity index is 2990.